The number of nitrogens with one attached hydrogen (secondary N) is 1. The van der Waals surface area contributed by atoms with E-state index in [1.165, 1.54) is 19.3 Å². The van der Waals surface area contributed by atoms with Crippen molar-refractivity contribution < 1.29 is 4.79 Å². The van der Waals surface area contributed by atoms with Gasteiger partial charge in [-0.1, -0.05) is 43.5 Å². The largest absolute Gasteiger partial charge is 0.378 e. The minimum atomic E-state index is -0.155. The molecular formula is C27H30N6O. The van der Waals surface area contributed by atoms with Crippen molar-refractivity contribution in [3.05, 3.63) is 71.8 Å². The Morgan fingerprint density at radius 1 is 1.03 bits per heavy atom. The fraction of sp³-hybridized carbons (Fsp3) is 0.333. The molecule has 1 aliphatic carbocycles. The molecule has 2 aromatic carbocycles. The second-order valence-electron chi connectivity index (χ2n) is 9.28. The molecule has 0 unspecified atom stereocenters. The molecule has 7 nitrogen and oxygen atoms in total. The summed E-state index contributed by atoms with van der Waals surface area (Å²) in [6, 6.07) is 14.2. The third kappa shape index (κ3) is 4.25. The molecule has 0 aliphatic heterocycles. The van der Waals surface area contributed by atoms with E-state index in [1.807, 2.05) is 43.7 Å². The van der Waals surface area contributed by atoms with Crippen LogP contribution in [0.15, 0.2) is 54.9 Å². The zero-order chi connectivity index (χ0) is 23.7. The van der Waals surface area contributed by atoms with Gasteiger partial charge in [0.25, 0.3) is 11.7 Å². The number of rotatable bonds is 5. The Labute approximate surface area is 199 Å². The summed E-state index contributed by atoms with van der Waals surface area (Å²) in [4.78, 5) is 19.7. The predicted octanol–water partition coefficient (Wildman–Crippen LogP) is 5.47. The van der Waals surface area contributed by atoms with E-state index in [4.69, 9.17) is 0 Å². The number of hydrogen-bond donors (Lipinski definition) is 1. The van der Waals surface area contributed by atoms with Crippen molar-refractivity contribution in [2.24, 2.45) is 0 Å². The van der Waals surface area contributed by atoms with Crippen molar-refractivity contribution in [3.63, 3.8) is 0 Å². The maximum Gasteiger partial charge on any atom is 0.256 e. The summed E-state index contributed by atoms with van der Waals surface area (Å²) in [5, 5.41) is 11.7. The number of hydrogen-bond acceptors (Lipinski definition) is 5. The first-order valence-corrected chi connectivity index (χ1v) is 11.9. The van der Waals surface area contributed by atoms with Gasteiger partial charge in [-0.3, -0.25) is 9.20 Å². The summed E-state index contributed by atoms with van der Waals surface area (Å²) in [6.07, 6.45) is 9.51. The van der Waals surface area contributed by atoms with E-state index in [1.54, 1.807) is 6.20 Å². The maximum absolute atomic E-state index is 13.2. The topological polar surface area (TPSA) is 75.4 Å². The van der Waals surface area contributed by atoms with Gasteiger partial charge in [0.05, 0.1) is 11.9 Å². The van der Waals surface area contributed by atoms with E-state index in [0.717, 1.165) is 41.0 Å². The molecule has 5 rings (SSSR count). The highest BCUT2D eigenvalue weighted by Crippen LogP contribution is 2.32. The van der Waals surface area contributed by atoms with Crippen LogP contribution in [0.4, 0.5) is 11.4 Å². The van der Waals surface area contributed by atoms with Gasteiger partial charge in [-0.15, -0.1) is 10.2 Å². The molecular weight excluding hydrogens is 424 g/mol. The van der Waals surface area contributed by atoms with E-state index in [-0.39, 0.29) is 5.91 Å². The Balaban J connectivity index is 1.40. The van der Waals surface area contributed by atoms with E-state index >= 15 is 0 Å². The van der Waals surface area contributed by atoms with Crippen LogP contribution in [0.3, 0.4) is 0 Å². The molecule has 1 saturated carbocycles. The predicted molar refractivity (Wildman–Crippen MR) is 136 cm³/mol. The molecule has 4 aromatic rings. The molecule has 0 saturated heterocycles. The average molecular weight is 455 g/mol. The smallest absolute Gasteiger partial charge is 0.256 e. The van der Waals surface area contributed by atoms with E-state index in [0.29, 0.717) is 22.9 Å². The van der Waals surface area contributed by atoms with Gasteiger partial charge in [-0.25, -0.2) is 4.98 Å². The zero-order valence-electron chi connectivity index (χ0n) is 20.0. The molecule has 7 heteroatoms. The van der Waals surface area contributed by atoms with Crippen LogP contribution in [0.1, 0.15) is 59.8 Å². The Morgan fingerprint density at radius 3 is 2.53 bits per heavy atom. The van der Waals surface area contributed by atoms with Gasteiger partial charge >= 0.3 is 0 Å². The van der Waals surface area contributed by atoms with Crippen LogP contribution in [0.25, 0.3) is 16.9 Å². The van der Waals surface area contributed by atoms with Crippen LogP contribution < -0.4 is 10.2 Å². The van der Waals surface area contributed by atoms with Crippen molar-refractivity contribution in [2.45, 2.75) is 44.9 Å². The average Bonchev–Trinajstić information content (AvgIpc) is 3.28. The van der Waals surface area contributed by atoms with Crippen LogP contribution in [-0.4, -0.2) is 39.6 Å². The lowest BCUT2D eigenvalue weighted by Crippen LogP contribution is -2.15. The summed E-state index contributed by atoms with van der Waals surface area (Å²) in [5.74, 6) is 1.75. The van der Waals surface area contributed by atoms with Crippen molar-refractivity contribution in [3.8, 4) is 11.1 Å². The molecule has 0 bridgehead atoms. The first-order valence-electron chi connectivity index (χ1n) is 11.9. The number of benzene rings is 2. The van der Waals surface area contributed by atoms with E-state index in [9.17, 15) is 4.79 Å². The normalized spacial score (nSPS) is 14.3. The van der Waals surface area contributed by atoms with Crippen molar-refractivity contribution in [1.29, 1.82) is 0 Å². The van der Waals surface area contributed by atoms with Gasteiger partial charge in [0.2, 0.25) is 0 Å². The lowest BCUT2D eigenvalue weighted by molar-refractivity contribution is 0.102. The molecule has 2 aromatic heterocycles. The summed E-state index contributed by atoms with van der Waals surface area (Å²) in [5.41, 5.74) is 5.49. The van der Waals surface area contributed by atoms with Gasteiger partial charge < -0.3 is 10.2 Å². The highest BCUT2D eigenvalue weighted by atomic mass is 16.1. The van der Waals surface area contributed by atoms with Gasteiger partial charge in [0, 0.05) is 37.5 Å². The van der Waals surface area contributed by atoms with Crippen molar-refractivity contribution in [1.82, 2.24) is 19.6 Å². The fourth-order valence-corrected chi connectivity index (χ4v) is 4.84. The standard InChI is InChI=1S/C27H30N6O/c1-18-23(19-12-14-22(15-13-19)32(2)3)10-7-11-24(18)26(34)29-21-16-28-27-31-30-25(33(27)17-21)20-8-5-4-6-9-20/h7,10-17,20H,4-6,8-9H2,1-3H3,(H,29,34). The minimum Gasteiger partial charge on any atom is -0.378 e. The molecule has 2 heterocycles. The summed E-state index contributed by atoms with van der Waals surface area (Å²) < 4.78 is 1.93. The first kappa shape index (κ1) is 22.1. The molecule has 1 fully saturated rings. The molecule has 1 amide bonds. The van der Waals surface area contributed by atoms with E-state index in [2.05, 4.69) is 55.7 Å². The fourth-order valence-electron chi connectivity index (χ4n) is 4.84. The van der Waals surface area contributed by atoms with Gasteiger partial charge in [0.15, 0.2) is 0 Å². The number of fused-ring (bicyclic) bond motifs is 1. The number of carbonyl (C=O) groups excluding carboxylic acids is 1. The highest BCUT2D eigenvalue weighted by Gasteiger charge is 2.21. The zero-order valence-corrected chi connectivity index (χ0v) is 20.0. The Hall–Kier alpha value is -3.74. The Bertz CT molecular complexity index is 1320. The summed E-state index contributed by atoms with van der Waals surface area (Å²) in [7, 11) is 4.05. The van der Waals surface area contributed by atoms with Crippen LogP contribution in [0.2, 0.25) is 0 Å². The molecule has 0 spiro atoms. The van der Waals surface area contributed by atoms with Gasteiger partial charge in [-0.05, 0) is 54.7 Å². The lowest BCUT2D eigenvalue weighted by Gasteiger charge is -2.19. The van der Waals surface area contributed by atoms with E-state index < -0.39 is 0 Å². The Morgan fingerprint density at radius 2 is 1.79 bits per heavy atom. The number of anilines is 2. The summed E-state index contributed by atoms with van der Waals surface area (Å²) in [6.45, 7) is 1.99. The third-order valence-electron chi connectivity index (χ3n) is 6.79. The highest BCUT2D eigenvalue weighted by molar-refractivity contribution is 6.06. The second kappa shape index (κ2) is 9.25. The van der Waals surface area contributed by atoms with Crippen LogP contribution in [0.5, 0.6) is 0 Å². The minimum absolute atomic E-state index is 0.155. The van der Waals surface area contributed by atoms with Gasteiger partial charge in [-0.2, -0.15) is 0 Å². The SMILES string of the molecule is Cc1c(C(=O)Nc2cnc3nnc(C4CCCCC4)n3c2)cccc1-c1ccc(N(C)C)cc1. The van der Waals surface area contributed by atoms with Crippen molar-refractivity contribution in [2.75, 3.05) is 24.3 Å². The molecule has 1 aliphatic rings. The molecule has 34 heavy (non-hydrogen) atoms. The number of nitrogens with zero attached hydrogens (tertiary/aromatic N) is 5. The van der Waals surface area contributed by atoms with Crippen LogP contribution in [0, 0.1) is 6.92 Å². The molecule has 174 valence electrons. The number of aromatic nitrogens is 4. The third-order valence-corrected chi connectivity index (χ3v) is 6.79. The maximum atomic E-state index is 13.2. The van der Waals surface area contributed by atoms with Crippen molar-refractivity contribution >= 4 is 23.1 Å². The quantitative estimate of drug-likeness (QED) is 0.433. The summed E-state index contributed by atoms with van der Waals surface area (Å²) >= 11 is 0. The van der Waals surface area contributed by atoms with Crippen LogP contribution in [-0.2, 0) is 0 Å². The van der Waals surface area contributed by atoms with Gasteiger partial charge in [0.1, 0.15) is 5.82 Å². The number of carbonyl (C=O) groups is 1. The molecule has 0 atom stereocenters. The first-order chi connectivity index (χ1) is 16.5. The number of amides is 1. The molecule has 0 radical (unpaired) electrons. The Kier molecular flexibility index (Phi) is 6.01. The lowest BCUT2D eigenvalue weighted by atomic mass is 9.89. The second-order valence-corrected chi connectivity index (χ2v) is 9.28. The van der Waals surface area contributed by atoms with Crippen LogP contribution >= 0.6 is 0 Å². The molecule has 1 N–H and O–H groups in total. The monoisotopic (exact) mass is 454 g/mol.